The van der Waals surface area contributed by atoms with Gasteiger partial charge < -0.3 is 0 Å². The zero-order valence-corrected chi connectivity index (χ0v) is 13.6. The number of aromatic nitrogens is 2. The molecule has 0 amide bonds. The van der Waals surface area contributed by atoms with Gasteiger partial charge in [-0.1, -0.05) is 6.42 Å². The number of ketones is 1. The maximum atomic E-state index is 12.8. The van der Waals surface area contributed by atoms with E-state index >= 15 is 0 Å². The van der Waals surface area contributed by atoms with Crippen molar-refractivity contribution in [3.8, 4) is 0 Å². The molecule has 21 heavy (non-hydrogen) atoms. The summed E-state index contributed by atoms with van der Waals surface area (Å²) in [5.74, 6) is -0.0738. The van der Waals surface area contributed by atoms with E-state index in [4.69, 9.17) is 0 Å². The molecule has 0 aromatic carbocycles. The summed E-state index contributed by atoms with van der Waals surface area (Å²) in [7, 11) is -1.17. The summed E-state index contributed by atoms with van der Waals surface area (Å²) in [5, 5.41) is 3.69. The summed E-state index contributed by atoms with van der Waals surface area (Å²) < 4.78 is 26.3. The summed E-state index contributed by atoms with van der Waals surface area (Å²) in [6.45, 7) is 3.74. The number of carbonyl (C=O) groups excluding carboxylic acids is 1. The predicted octanol–water partition coefficient (Wildman–Crippen LogP) is 1.97. The molecule has 0 N–H and O–H groups in total. The standard InChI is InChI=1S/C15H22N2O3S/c1-9-14(10(2)17(3)16-9)15(18)11-7-12-5-4-6-13(8-11)21(12,19)20/h11-13H,4-8H2,1-3H3. The number of aryl methyl sites for hydroxylation is 2. The molecule has 5 nitrogen and oxygen atoms in total. The van der Waals surface area contributed by atoms with Gasteiger partial charge in [0.05, 0.1) is 21.8 Å². The molecule has 1 aromatic heterocycles. The third kappa shape index (κ3) is 2.24. The average molecular weight is 310 g/mol. The van der Waals surface area contributed by atoms with Crippen molar-refractivity contribution in [3.05, 3.63) is 17.0 Å². The lowest BCUT2D eigenvalue weighted by atomic mass is 9.84. The number of Topliss-reactive ketones (excluding diaryl/α,β-unsaturated/α-hetero) is 1. The monoisotopic (exact) mass is 310 g/mol. The molecule has 2 aliphatic rings. The highest BCUT2D eigenvalue weighted by Gasteiger charge is 2.46. The van der Waals surface area contributed by atoms with E-state index in [-0.39, 0.29) is 22.2 Å². The van der Waals surface area contributed by atoms with Crippen LogP contribution in [0.1, 0.15) is 53.8 Å². The van der Waals surface area contributed by atoms with Gasteiger partial charge in [0.2, 0.25) is 0 Å². The summed E-state index contributed by atoms with van der Waals surface area (Å²) in [4.78, 5) is 12.8. The molecule has 2 fully saturated rings. The minimum atomic E-state index is -3.00. The van der Waals surface area contributed by atoms with Crippen molar-refractivity contribution in [1.29, 1.82) is 0 Å². The van der Waals surface area contributed by atoms with Crippen molar-refractivity contribution in [2.24, 2.45) is 13.0 Å². The van der Waals surface area contributed by atoms with Crippen molar-refractivity contribution in [1.82, 2.24) is 9.78 Å². The van der Waals surface area contributed by atoms with Gasteiger partial charge in [0.15, 0.2) is 15.6 Å². The third-order valence-corrected chi connectivity index (χ3v) is 7.92. The van der Waals surface area contributed by atoms with Crippen LogP contribution in [0.3, 0.4) is 0 Å². The smallest absolute Gasteiger partial charge is 0.169 e. The quantitative estimate of drug-likeness (QED) is 0.783. The molecule has 2 bridgehead atoms. The normalized spacial score (nSPS) is 31.1. The molecule has 6 heteroatoms. The molecule has 0 aliphatic carbocycles. The van der Waals surface area contributed by atoms with Gasteiger partial charge in [-0.2, -0.15) is 5.10 Å². The highest BCUT2D eigenvalue weighted by atomic mass is 32.2. The van der Waals surface area contributed by atoms with Crippen LogP contribution < -0.4 is 0 Å². The molecule has 0 spiro atoms. The number of rotatable bonds is 2. The molecule has 2 aliphatic heterocycles. The third-order valence-electron chi connectivity index (χ3n) is 5.20. The van der Waals surface area contributed by atoms with E-state index in [0.717, 1.165) is 17.8 Å². The Balaban J connectivity index is 1.90. The topological polar surface area (TPSA) is 69.0 Å². The Bertz CT molecular complexity index is 670. The molecule has 1 aromatic rings. The van der Waals surface area contributed by atoms with Gasteiger partial charge in [0, 0.05) is 18.7 Å². The Morgan fingerprint density at radius 3 is 2.24 bits per heavy atom. The van der Waals surface area contributed by atoms with Gasteiger partial charge in [0.1, 0.15) is 0 Å². The molecule has 2 unspecified atom stereocenters. The first-order valence-electron chi connectivity index (χ1n) is 7.59. The fraction of sp³-hybridized carbons (Fsp3) is 0.733. The second-order valence-corrected chi connectivity index (χ2v) is 8.98. The Kier molecular flexibility index (Phi) is 3.47. The zero-order chi connectivity index (χ0) is 15.4. The summed E-state index contributed by atoms with van der Waals surface area (Å²) in [6.07, 6.45) is 3.39. The van der Waals surface area contributed by atoms with Crippen LogP contribution >= 0.6 is 0 Å². The number of hydrogen-bond donors (Lipinski definition) is 0. The minimum Gasteiger partial charge on any atom is -0.294 e. The molecule has 0 radical (unpaired) electrons. The van der Waals surface area contributed by atoms with Crippen LogP contribution in [-0.2, 0) is 16.9 Å². The molecule has 0 saturated carbocycles. The minimum absolute atomic E-state index is 0.0879. The lowest BCUT2D eigenvalue weighted by Crippen LogP contribution is -2.45. The number of sulfone groups is 1. The SMILES string of the molecule is Cc1nn(C)c(C)c1C(=O)C1CC2CCCC(C1)S2(=O)=O. The highest BCUT2D eigenvalue weighted by Crippen LogP contribution is 2.40. The first-order valence-corrected chi connectivity index (χ1v) is 9.20. The van der Waals surface area contributed by atoms with Gasteiger partial charge in [-0.3, -0.25) is 9.48 Å². The van der Waals surface area contributed by atoms with Crippen molar-refractivity contribution in [2.75, 3.05) is 0 Å². The maximum Gasteiger partial charge on any atom is 0.169 e. The van der Waals surface area contributed by atoms with Crippen LogP contribution in [-0.4, -0.2) is 34.5 Å². The van der Waals surface area contributed by atoms with Crippen molar-refractivity contribution < 1.29 is 13.2 Å². The van der Waals surface area contributed by atoms with E-state index < -0.39 is 9.84 Å². The number of carbonyl (C=O) groups is 1. The second-order valence-electron chi connectivity index (χ2n) is 6.47. The lowest BCUT2D eigenvalue weighted by molar-refractivity contribution is 0.0892. The van der Waals surface area contributed by atoms with Crippen molar-refractivity contribution in [2.45, 2.75) is 56.5 Å². The van der Waals surface area contributed by atoms with Gasteiger partial charge in [-0.25, -0.2) is 8.42 Å². The molecule has 3 rings (SSSR count). The molecular formula is C15H22N2O3S. The Labute approximate surface area is 125 Å². The van der Waals surface area contributed by atoms with E-state index in [1.165, 1.54) is 0 Å². The predicted molar refractivity (Wildman–Crippen MR) is 80.1 cm³/mol. The fourth-order valence-electron chi connectivity index (χ4n) is 3.96. The van der Waals surface area contributed by atoms with Crippen LogP contribution in [0.2, 0.25) is 0 Å². The van der Waals surface area contributed by atoms with Gasteiger partial charge in [-0.15, -0.1) is 0 Å². The Morgan fingerprint density at radius 2 is 1.76 bits per heavy atom. The van der Waals surface area contributed by atoms with Crippen molar-refractivity contribution in [3.63, 3.8) is 0 Å². The Hall–Kier alpha value is -1.17. The number of fused-ring (bicyclic) bond motifs is 2. The van der Waals surface area contributed by atoms with Gasteiger partial charge in [-0.05, 0) is 39.5 Å². The second kappa shape index (κ2) is 4.93. The molecule has 3 heterocycles. The first kappa shape index (κ1) is 14.8. The van der Waals surface area contributed by atoms with E-state index in [0.29, 0.717) is 31.2 Å². The van der Waals surface area contributed by atoms with Crippen LogP contribution in [0.25, 0.3) is 0 Å². The average Bonchev–Trinajstić information content (AvgIpc) is 2.61. The number of nitrogens with zero attached hydrogens (tertiary/aromatic N) is 2. The van der Waals surface area contributed by atoms with Crippen molar-refractivity contribution >= 4 is 15.6 Å². The zero-order valence-electron chi connectivity index (χ0n) is 12.8. The largest absolute Gasteiger partial charge is 0.294 e. The fourth-order valence-corrected chi connectivity index (χ4v) is 6.49. The molecular weight excluding hydrogens is 288 g/mol. The lowest BCUT2D eigenvalue weighted by Gasteiger charge is -2.38. The number of hydrogen-bond acceptors (Lipinski definition) is 4. The van der Waals surface area contributed by atoms with Crippen LogP contribution in [0, 0.1) is 19.8 Å². The van der Waals surface area contributed by atoms with E-state index in [1.807, 2.05) is 20.9 Å². The van der Waals surface area contributed by atoms with Crippen LogP contribution in [0.5, 0.6) is 0 Å². The first-order chi connectivity index (χ1) is 9.82. The maximum absolute atomic E-state index is 12.8. The van der Waals surface area contributed by atoms with E-state index in [1.54, 1.807) is 4.68 Å². The van der Waals surface area contributed by atoms with E-state index in [9.17, 15) is 13.2 Å². The molecule has 116 valence electrons. The molecule has 2 atom stereocenters. The summed E-state index contributed by atoms with van der Waals surface area (Å²) >= 11 is 0. The Morgan fingerprint density at radius 1 is 1.19 bits per heavy atom. The summed E-state index contributed by atoms with van der Waals surface area (Å²) in [6, 6.07) is 0. The van der Waals surface area contributed by atoms with Gasteiger partial charge in [0.25, 0.3) is 0 Å². The highest BCUT2D eigenvalue weighted by molar-refractivity contribution is 7.92. The molecule has 2 saturated heterocycles. The van der Waals surface area contributed by atoms with E-state index in [2.05, 4.69) is 5.10 Å². The summed E-state index contributed by atoms with van der Waals surface area (Å²) in [5.41, 5.74) is 2.31. The van der Waals surface area contributed by atoms with Crippen LogP contribution in [0.15, 0.2) is 0 Å². The van der Waals surface area contributed by atoms with Crippen LogP contribution in [0.4, 0.5) is 0 Å². The van der Waals surface area contributed by atoms with Gasteiger partial charge >= 0.3 is 0 Å².